The van der Waals surface area contributed by atoms with Crippen LogP contribution in [-0.4, -0.2) is 35.7 Å². The fraction of sp³-hybridized carbons (Fsp3) is 0.435. The zero-order chi connectivity index (χ0) is 19.9. The SMILES string of the molecule is CCOc1cc(C(C)N2CCCC(C(=O)O)C2)ccc1OCc1ccccc1. The van der Waals surface area contributed by atoms with Crippen molar-refractivity contribution in [1.29, 1.82) is 0 Å². The van der Waals surface area contributed by atoms with Gasteiger partial charge in [0.25, 0.3) is 0 Å². The Morgan fingerprint density at radius 3 is 2.68 bits per heavy atom. The van der Waals surface area contributed by atoms with Crippen LogP contribution in [-0.2, 0) is 11.4 Å². The van der Waals surface area contributed by atoms with Crippen LogP contribution >= 0.6 is 0 Å². The number of nitrogens with zero attached hydrogens (tertiary/aromatic N) is 1. The number of piperidine rings is 1. The predicted octanol–water partition coefficient (Wildman–Crippen LogP) is 4.52. The Labute approximate surface area is 166 Å². The Morgan fingerprint density at radius 2 is 1.96 bits per heavy atom. The average Bonchev–Trinajstić information content (AvgIpc) is 2.73. The first kappa shape index (κ1) is 20.2. The van der Waals surface area contributed by atoms with E-state index in [1.807, 2.05) is 49.4 Å². The van der Waals surface area contributed by atoms with Gasteiger partial charge in [0.15, 0.2) is 11.5 Å². The van der Waals surface area contributed by atoms with Crippen LogP contribution < -0.4 is 9.47 Å². The van der Waals surface area contributed by atoms with E-state index in [-0.39, 0.29) is 12.0 Å². The lowest BCUT2D eigenvalue weighted by molar-refractivity contribution is -0.143. The lowest BCUT2D eigenvalue weighted by Gasteiger charge is -2.35. The minimum absolute atomic E-state index is 0.129. The van der Waals surface area contributed by atoms with Gasteiger partial charge in [0.1, 0.15) is 6.61 Å². The molecular formula is C23H29NO4. The van der Waals surface area contributed by atoms with E-state index in [0.717, 1.165) is 42.0 Å². The lowest BCUT2D eigenvalue weighted by atomic mass is 9.95. The molecule has 2 aromatic carbocycles. The molecule has 1 N–H and O–H groups in total. The number of carboxylic acid groups (broad SMARTS) is 1. The van der Waals surface area contributed by atoms with E-state index in [9.17, 15) is 9.90 Å². The Balaban J connectivity index is 1.73. The van der Waals surface area contributed by atoms with Crippen LogP contribution in [0.15, 0.2) is 48.5 Å². The highest BCUT2D eigenvalue weighted by atomic mass is 16.5. The molecule has 0 amide bonds. The molecule has 1 heterocycles. The summed E-state index contributed by atoms with van der Waals surface area (Å²) in [6.07, 6.45) is 1.67. The largest absolute Gasteiger partial charge is 0.490 e. The van der Waals surface area contributed by atoms with Gasteiger partial charge in [-0.05, 0) is 56.5 Å². The molecule has 0 spiro atoms. The number of hydrogen-bond donors (Lipinski definition) is 1. The maximum absolute atomic E-state index is 11.4. The highest BCUT2D eigenvalue weighted by Gasteiger charge is 2.28. The van der Waals surface area contributed by atoms with Crippen molar-refractivity contribution >= 4 is 5.97 Å². The van der Waals surface area contributed by atoms with Gasteiger partial charge in [-0.25, -0.2) is 0 Å². The highest BCUT2D eigenvalue weighted by molar-refractivity contribution is 5.70. The monoisotopic (exact) mass is 383 g/mol. The van der Waals surface area contributed by atoms with Crippen LogP contribution in [0.4, 0.5) is 0 Å². The minimum Gasteiger partial charge on any atom is -0.490 e. The van der Waals surface area contributed by atoms with Gasteiger partial charge in [-0.15, -0.1) is 0 Å². The summed E-state index contributed by atoms with van der Waals surface area (Å²) in [6, 6.07) is 16.2. The Morgan fingerprint density at radius 1 is 1.18 bits per heavy atom. The molecule has 0 aromatic heterocycles. The molecule has 1 aliphatic rings. The molecule has 2 unspecified atom stereocenters. The number of benzene rings is 2. The van der Waals surface area contributed by atoms with E-state index >= 15 is 0 Å². The molecule has 0 radical (unpaired) electrons. The van der Waals surface area contributed by atoms with Crippen molar-refractivity contribution in [2.45, 2.75) is 39.3 Å². The molecule has 2 aromatic rings. The standard InChI is InChI=1S/C23H29NO4/c1-3-27-22-14-19(17(2)24-13-7-10-20(15-24)23(25)26)11-12-21(22)28-16-18-8-5-4-6-9-18/h4-6,8-9,11-12,14,17,20H,3,7,10,13,15-16H2,1-2H3,(H,25,26). The maximum Gasteiger partial charge on any atom is 0.307 e. The second kappa shape index (κ2) is 9.60. The van der Waals surface area contributed by atoms with Gasteiger partial charge in [0, 0.05) is 12.6 Å². The second-order valence-electron chi connectivity index (χ2n) is 7.26. The zero-order valence-corrected chi connectivity index (χ0v) is 16.6. The molecule has 0 saturated carbocycles. The van der Waals surface area contributed by atoms with Crippen LogP contribution in [0, 0.1) is 5.92 Å². The smallest absolute Gasteiger partial charge is 0.307 e. The van der Waals surface area contributed by atoms with Crippen molar-refractivity contribution in [3.05, 3.63) is 59.7 Å². The third-order valence-electron chi connectivity index (χ3n) is 5.34. The van der Waals surface area contributed by atoms with Crippen molar-refractivity contribution in [2.75, 3.05) is 19.7 Å². The Hall–Kier alpha value is -2.53. The summed E-state index contributed by atoms with van der Waals surface area (Å²) >= 11 is 0. The molecule has 5 heteroatoms. The average molecular weight is 383 g/mol. The molecule has 0 bridgehead atoms. The van der Waals surface area contributed by atoms with Gasteiger partial charge < -0.3 is 14.6 Å². The van der Waals surface area contributed by atoms with Gasteiger partial charge in [0.05, 0.1) is 12.5 Å². The van der Waals surface area contributed by atoms with Gasteiger partial charge in [-0.3, -0.25) is 9.69 Å². The molecule has 150 valence electrons. The fourth-order valence-corrected chi connectivity index (χ4v) is 3.68. The Kier molecular flexibility index (Phi) is 6.93. The third-order valence-corrected chi connectivity index (χ3v) is 5.34. The van der Waals surface area contributed by atoms with Crippen molar-refractivity contribution in [2.24, 2.45) is 5.92 Å². The van der Waals surface area contributed by atoms with Crippen molar-refractivity contribution in [1.82, 2.24) is 4.90 Å². The molecular weight excluding hydrogens is 354 g/mol. The molecule has 28 heavy (non-hydrogen) atoms. The maximum atomic E-state index is 11.4. The van der Waals surface area contributed by atoms with Crippen LogP contribution in [0.1, 0.15) is 43.9 Å². The summed E-state index contributed by atoms with van der Waals surface area (Å²) in [4.78, 5) is 13.6. The molecule has 1 saturated heterocycles. The van der Waals surface area contributed by atoms with Gasteiger partial charge in [0.2, 0.25) is 0 Å². The third kappa shape index (κ3) is 5.04. The summed E-state index contributed by atoms with van der Waals surface area (Å²) in [7, 11) is 0. The number of aliphatic carboxylic acids is 1. The summed E-state index contributed by atoms with van der Waals surface area (Å²) in [5.74, 6) is 0.478. The molecule has 3 rings (SSSR count). The van der Waals surface area contributed by atoms with Gasteiger partial charge >= 0.3 is 5.97 Å². The number of hydrogen-bond acceptors (Lipinski definition) is 4. The normalized spacial score (nSPS) is 18.4. The van der Waals surface area contributed by atoms with Crippen LogP contribution in [0.2, 0.25) is 0 Å². The molecule has 2 atom stereocenters. The summed E-state index contributed by atoms with van der Waals surface area (Å²) < 4.78 is 11.8. The van der Waals surface area contributed by atoms with Gasteiger partial charge in [-0.1, -0.05) is 36.4 Å². The first-order valence-electron chi connectivity index (χ1n) is 9.98. The van der Waals surface area contributed by atoms with Crippen LogP contribution in [0.25, 0.3) is 0 Å². The van der Waals surface area contributed by atoms with E-state index < -0.39 is 5.97 Å². The first-order chi connectivity index (χ1) is 13.6. The lowest BCUT2D eigenvalue weighted by Crippen LogP contribution is -2.40. The quantitative estimate of drug-likeness (QED) is 0.726. The molecule has 1 fully saturated rings. The van der Waals surface area contributed by atoms with E-state index in [2.05, 4.69) is 17.9 Å². The fourth-order valence-electron chi connectivity index (χ4n) is 3.68. The van der Waals surface area contributed by atoms with E-state index in [1.165, 1.54) is 0 Å². The summed E-state index contributed by atoms with van der Waals surface area (Å²) in [5.41, 5.74) is 2.22. The minimum atomic E-state index is -0.698. The number of rotatable bonds is 8. The topological polar surface area (TPSA) is 59.0 Å². The predicted molar refractivity (Wildman–Crippen MR) is 109 cm³/mol. The van der Waals surface area contributed by atoms with E-state index in [4.69, 9.17) is 9.47 Å². The zero-order valence-electron chi connectivity index (χ0n) is 16.6. The molecule has 0 aliphatic carbocycles. The number of carbonyl (C=O) groups is 1. The second-order valence-corrected chi connectivity index (χ2v) is 7.26. The van der Waals surface area contributed by atoms with Crippen molar-refractivity contribution < 1.29 is 19.4 Å². The molecule has 5 nitrogen and oxygen atoms in total. The van der Waals surface area contributed by atoms with Gasteiger partial charge in [-0.2, -0.15) is 0 Å². The highest BCUT2D eigenvalue weighted by Crippen LogP contribution is 2.34. The Bertz CT molecular complexity index is 777. The van der Waals surface area contributed by atoms with Crippen LogP contribution in [0.3, 0.4) is 0 Å². The number of likely N-dealkylation sites (tertiary alicyclic amines) is 1. The van der Waals surface area contributed by atoms with Crippen LogP contribution in [0.5, 0.6) is 11.5 Å². The van der Waals surface area contributed by atoms with Crippen molar-refractivity contribution in [3.63, 3.8) is 0 Å². The number of ether oxygens (including phenoxy) is 2. The first-order valence-corrected chi connectivity index (χ1v) is 9.98. The summed E-state index contributed by atoms with van der Waals surface area (Å²) in [5, 5.41) is 9.35. The van der Waals surface area contributed by atoms with E-state index in [0.29, 0.717) is 19.8 Å². The summed E-state index contributed by atoms with van der Waals surface area (Å²) in [6.45, 7) is 6.64. The number of carboxylic acids is 1. The van der Waals surface area contributed by atoms with E-state index in [1.54, 1.807) is 0 Å². The molecule has 1 aliphatic heterocycles. The van der Waals surface area contributed by atoms with Crippen molar-refractivity contribution in [3.8, 4) is 11.5 Å².